The van der Waals surface area contributed by atoms with Gasteiger partial charge in [-0.05, 0) is 42.7 Å². The summed E-state index contributed by atoms with van der Waals surface area (Å²) in [5.41, 5.74) is 1.02. The summed E-state index contributed by atoms with van der Waals surface area (Å²) in [6, 6.07) is 4.29. The van der Waals surface area contributed by atoms with Crippen molar-refractivity contribution in [2.45, 2.75) is 25.7 Å². The van der Waals surface area contributed by atoms with Crippen LogP contribution >= 0.6 is 11.3 Å². The Bertz CT molecular complexity index is 874. The number of nitrogens with one attached hydrogen (secondary N) is 1. The van der Waals surface area contributed by atoms with E-state index in [2.05, 4.69) is 5.32 Å². The Morgan fingerprint density at radius 2 is 2.04 bits per heavy atom. The van der Waals surface area contributed by atoms with E-state index in [4.69, 9.17) is 9.47 Å². The van der Waals surface area contributed by atoms with E-state index < -0.39 is 24.5 Å². The fraction of sp³-hybridized carbons (Fsp3) is 0.333. The van der Waals surface area contributed by atoms with Gasteiger partial charge in [0.25, 0.3) is 5.91 Å². The zero-order valence-corrected chi connectivity index (χ0v) is 15.4. The highest BCUT2D eigenvalue weighted by Gasteiger charge is 2.32. The minimum absolute atomic E-state index is 0.218. The van der Waals surface area contributed by atoms with Gasteiger partial charge in [-0.1, -0.05) is 0 Å². The first-order valence-electron chi connectivity index (χ1n) is 8.45. The maximum Gasteiger partial charge on any atom is 0.405 e. The number of pyridine rings is 1. The standard InChI is InChI=1S/C18H18N2O6S/c1-2-25-18(23)15-12(11-6-7-11)10-27-16(15)19-14(21)9-26-17(22)13-5-3-4-8-20(13)24/h3-5,8,10-11H,2,6-7,9H2,1H3,(H,19,21). The van der Waals surface area contributed by atoms with Gasteiger partial charge < -0.3 is 20.0 Å². The van der Waals surface area contributed by atoms with Gasteiger partial charge in [-0.3, -0.25) is 4.79 Å². The number of anilines is 1. The summed E-state index contributed by atoms with van der Waals surface area (Å²) in [5, 5.41) is 16.3. The van der Waals surface area contributed by atoms with Crippen molar-refractivity contribution in [3.05, 3.63) is 51.8 Å². The van der Waals surface area contributed by atoms with Crippen LogP contribution in [0.15, 0.2) is 29.8 Å². The topological polar surface area (TPSA) is 109 Å². The Morgan fingerprint density at radius 1 is 1.26 bits per heavy atom. The number of carbonyl (C=O) groups excluding carboxylic acids is 3. The van der Waals surface area contributed by atoms with E-state index in [-0.39, 0.29) is 12.3 Å². The van der Waals surface area contributed by atoms with Gasteiger partial charge in [0.1, 0.15) is 5.00 Å². The van der Waals surface area contributed by atoms with Gasteiger partial charge in [0.15, 0.2) is 12.8 Å². The summed E-state index contributed by atoms with van der Waals surface area (Å²) < 4.78 is 10.3. The van der Waals surface area contributed by atoms with Crippen molar-refractivity contribution in [3.63, 3.8) is 0 Å². The van der Waals surface area contributed by atoms with Crippen LogP contribution in [0.4, 0.5) is 5.00 Å². The van der Waals surface area contributed by atoms with Crippen LogP contribution in [-0.2, 0) is 14.3 Å². The first-order chi connectivity index (χ1) is 13.0. The Morgan fingerprint density at radius 3 is 2.70 bits per heavy atom. The van der Waals surface area contributed by atoms with Gasteiger partial charge in [0, 0.05) is 12.1 Å². The number of hydrogen-bond donors (Lipinski definition) is 1. The predicted octanol–water partition coefficient (Wildman–Crippen LogP) is 2.23. The van der Waals surface area contributed by atoms with Crippen LogP contribution in [0.3, 0.4) is 0 Å². The third-order valence-electron chi connectivity index (χ3n) is 3.94. The molecule has 0 radical (unpaired) electrons. The Hall–Kier alpha value is -2.94. The normalized spacial score (nSPS) is 13.1. The summed E-state index contributed by atoms with van der Waals surface area (Å²) in [7, 11) is 0. The van der Waals surface area contributed by atoms with Crippen LogP contribution < -0.4 is 10.0 Å². The van der Waals surface area contributed by atoms with Gasteiger partial charge >= 0.3 is 17.6 Å². The summed E-state index contributed by atoms with van der Waals surface area (Å²) in [6.45, 7) is 1.37. The number of carbonyl (C=O) groups is 3. The third-order valence-corrected chi connectivity index (χ3v) is 4.85. The highest BCUT2D eigenvalue weighted by molar-refractivity contribution is 7.15. The SMILES string of the molecule is CCOC(=O)c1c(C2CC2)csc1NC(=O)COC(=O)c1cccc[n+]1[O-]. The summed E-state index contributed by atoms with van der Waals surface area (Å²) in [4.78, 5) is 36.3. The molecule has 0 bridgehead atoms. The average Bonchev–Trinajstić information content (AvgIpc) is 3.41. The number of rotatable bonds is 7. The lowest BCUT2D eigenvalue weighted by Gasteiger charge is -2.09. The second kappa shape index (κ2) is 8.17. The van der Waals surface area contributed by atoms with E-state index in [9.17, 15) is 19.6 Å². The average molecular weight is 390 g/mol. The van der Waals surface area contributed by atoms with Crippen molar-refractivity contribution < 1.29 is 28.6 Å². The Labute approximate surface area is 159 Å². The molecule has 8 nitrogen and oxygen atoms in total. The van der Waals surface area contributed by atoms with Gasteiger partial charge in [0.05, 0.1) is 12.2 Å². The second-order valence-corrected chi connectivity index (χ2v) is 6.81. The van der Waals surface area contributed by atoms with Crippen LogP contribution in [0, 0.1) is 5.21 Å². The highest BCUT2D eigenvalue weighted by atomic mass is 32.1. The maximum absolute atomic E-state index is 12.3. The van der Waals surface area contributed by atoms with Crippen LogP contribution in [0.1, 0.15) is 52.1 Å². The van der Waals surface area contributed by atoms with Crippen LogP contribution in [0.5, 0.6) is 0 Å². The molecule has 2 aromatic heterocycles. The molecule has 0 unspecified atom stereocenters. The molecule has 3 rings (SSSR count). The van der Waals surface area contributed by atoms with Crippen LogP contribution in [0.25, 0.3) is 0 Å². The van der Waals surface area contributed by atoms with E-state index in [1.165, 1.54) is 29.5 Å². The van der Waals surface area contributed by atoms with E-state index >= 15 is 0 Å². The molecule has 1 fully saturated rings. The van der Waals surface area contributed by atoms with Gasteiger partial charge in [-0.25, -0.2) is 9.59 Å². The molecule has 142 valence electrons. The summed E-state index contributed by atoms with van der Waals surface area (Å²) in [5.74, 6) is -1.68. The molecular formula is C18H18N2O6S. The number of aromatic nitrogens is 1. The molecule has 0 aliphatic heterocycles. The molecular weight excluding hydrogens is 372 g/mol. The molecule has 1 amide bonds. The van der Waals surface area contributed by atoms with Crippen LogP contribution in [-0.4, -0.2) is 31.1 Å². The fourth-order valence-corrected chi connectivity index (χ4v) is 3.57. The van der Waals surface area contributed by atoms with Crippen molar-refractivity contribution in [3.8, 4) is 0 Å². The summed E-state index contributed by atoms with van der Waals surface area (Å²) in [6.07, 6.45) is 3.16. The number of hydrogen-bond acceptors (Lipinski definition) is 7. The van der Waals surface area contributed by atoms with E-state index in [1.807, 2.05) is 5.38 Å². The van der Waals surface area contributed by atoms with Crippen molar-refractivity contribution in [1.82, 2.24) is 0 Å². The molecule has 0 atom stereocenters. The molecule has 1 aliphatic rings. The Kier molecular flexibility index (Phi) is 5.70. The zero-order chi connectivity index (χ0) is 19.4. The van der Waals surface area contributed by atoms with Crippen molar-refractivity contribution in [1.29, 1.82) is 0 Å². The molecule has 2 aromatic rings. The monoisotopic (exact) mass is 390 g/mol. The molecule has 0 spiro atoms. The van der Waals surface area contributed by atoms with E-state index in [0.29, 0.717) is 21.2 Å². The molecule has 9 heteroatoms. The van der Waals surface area contributed by atoms with Gasteiger partial charge in [-0.15, -0.1) is 11.3 Å². The predicted molar refractivity (Wildman–Crippen MR) is 96.6 cm³/mol. The lowest BCUT2D eigenvalue weighted by atomic mass is 10.1. The van der Waals surface area contributed by atoms with Gasteiger partial charge in [0.2, 0.25) is 0 Å². The molecule has 2 heterocycles. The highest BCUT2D eigenvalue weighted by Crippen LogP contribution is 2.46. The van der Waals surface area contributed by atoms with Crippen molar-refractivity contribution in [2.75, 3.05) is 18.5 Å². The number of ether oxygens (including phenoxy) is 2. The van der Waals surface area contributed by atoms with Crippen LogP contribution in [0.2, 0.25) is 0 Å². The molecule has 27 heavy (non-hydrogen) atoms. The first-order valence-corrected chi connectivity index (χ1v) is 9.33. The number of thiophene rings is 1. The number of esters is 2. The van der Waals surface area contributed by atoms with Crippen molar-refractivity contribution in [2.24, 2.45) is 0 Å². The van der Waals surface area contributed by atoms with Crippen molar-refractivity contribution >= 4 is 34.2 Å². The maximum atomic E-state index is 12.3. The lowest BCUT2D eigenvalue weighted by Crippen LogP contribution is -2.35. The van der Waals surface area contributed by atoms with E-state index in [1.54, 1.807) is 6.92 Å². The van der Waals surface area contributed by atoms with Gasteiger partial charge in [-0.2, -0.15) is 4.73 Å². The first kappa shape index (κ1) is 18.8. The quantitative estimate of drug-likeness (QED) is 0.441. The zero-order valence-electron chi connectivity index (χ0n) is 14.6. The molecule has 1 saturated carbocycles. The summed E-state index contributed by atoms with van der Waals surface area (Å²) >= 11 is 1.23. The molecule has 1 aliphatic carbocycles. The fourth-order valence-electron chi connectivity index (χ4n) is 2.53. The van der Waals surface area contributed by atoms with E-state index in [0.717, 1.165) is 24.6 Å². The largest absolute Gasteiger partial charge is 0.618 e. The lowest BCUT2D eigenvalue weighted by molar-refractivity contribution is -0.608. The smallest absolute Gasteiger partial charge is 0.405 e. The minimum Gasteiger partial charge on any atom is -0.618 e. The number of amides is 1. The molecule has 0 aromatic carbocycles. The molecule has 0 saturated heterocycles. The second-order valence-electron chi connectivity index (χ2n) is 5.93. The Balaban J connectivity index is 1.65. The number of nitrogens with zero attached hydrogens (tertiary/aromatic N) is 1. The molecule has 1 N–H and O–H groups in total. The minimum atomic E-state index is -0.906. The third kappa shape index (κ3) is 4.43.